The van der Waals surface area contributed by atoms with Crippen LogP contribution in [0, 0.1) is 0 Å². The summed E-state index contributed by atoms with van der Waals surface area (Å²) in [4.78, 5) is 0. The SMILES string of the molecule is O=S([O-])O.[F-].[K+]. The van der Waals surface area contributed by atoms with Crippen molar-refractivity contribution in [2.45, 2.75) is 0 Å². The van der Waals surface area contributed by atoms with Crippen molar-refractivity contribution < 1.29 is 69.4 Å². The van der Waals surface area contributed by atoms with E-state index >= 15 is 0 Å². The molecule has 0 aromatic rings. The summed E-state index contributed by atoms with van der Waals surface area (Å²) < 4.78 is 24.1. The van der Waals surface area contributed by atoms with Crippen LogP contribution >= 0.6 is 0 Å². The van der Waals surface area contributed by atoms with Crippen LogP contribution in [0.15, 0.2) is 0 Å². The van der Waals surface area contributed by atoms with Gasteiger partial charge in [0, 0.05) is 0 Å². The maximum atomic E-state index is 8.56. The van der Waals surface area contributed by atoms with Crippen molar-refractivity contribution >= 4 is 11.4 Å². The molecule has 0 saturated heterocycles. The zero-order valence-electron chi connectivity index (χ0n) is 3.05. The summed E-state index contributed by atoms with van der Waals surface area (Å²) in [5.41, 5.74) is 0. The first-order valence-corrected chi connectivity index (χ1v) is 1.55. The minimum absolute atomic E-state index is 0. The van der Waals surface area contributed by atoms with Crippen molar-refractivity contribution in [3.63, 3.8) is 0 Å². The largest absolute Gasteiger partial charge is 1.00 e. The number of halogens is 1. The van der Waals surface area contributed by atoms with Gasteiger partial charge in [-0.25, -0.2) is 4.21 Å². The average Bonchev–Trinajstić information content (AvgIpc) is 0.811. The van der Waals surface area contributed by atoms with Crippen LogP contribution in [0.2, 0.25) is 0 Å². The fourth-order valence-electron chi connectivity index (χ4n) is 0. The zero-order valence-corrected chi connectivity index (χ0v) is 6.99. The molecule has 6 heavy (non-hydrogen) atoms. The van der Waals surface area contributed by atoms with Gasteiger partial charge in [-0.3, -0.25) is 0 Å². The molecule has 1 atom stereocenters. The van der Waals surface area contributed by atoms with Gasteiger partial charge in [0.25, 0.3) is 0 Å². The van der Waals surface area contributed by atoms with E-state index in [4.69, 9.17) is 13.3 Å². The van der Waals surface area contributed by atoms with Gasteiger partial charge in [-0.1, -0.05) is 0 Å². The number of rotatable bonds is 0. The second-order valence-corrected chi connectivity index (χ2v) is 0.651. The molecule has 0 heterocycles. The summed E-state index contributed by atoms with van der Waals surface area (Å²) in [6.45, 7) is 0. The van der Waals surface area contributed by atoms with Gasteiger partial charge in [0.2, 0.25) is 0 Å². The second-order valence-electron chi connectivity index (χ2n) is 0.217. The molecule has 0 fully saturated rings. The van der Waals surface area contributed by atoms with Crippen LogP contribution < -0.4 is 56.1 Å². The van der Waals surface area contributed by atoms with E-state index in [1.54, 1.807) is 0 Å². The minimum atomic E-state index is -2.86. The van der Waals surface area contributed by atoms with Crippen LogP contribution in [0.1, 0.15) is 0 Å². The minimum Gasteiger partial charge on any atom is -1.00 e. The van der Waals surface area contributed by atoms with Crippen LogP contribution in [0.5, 0.6) is 0 Å². The molecule has 0 aromatic carbocycles. The Morgan fingerprint density at radius 1 is 1.67 bits per heavy atom. The molecule has 0 radical (unpaired) electrons. The van der Waals surface area contributed by atoms with E-state index in [0.717, 1.165) is 0 Å². The maximum absolute atomic E-state index is 8.56. The van der Waals surface area contributed by atoms with E-state index < -0.39 is 11.4 Å². The first-order chi connectivity index (χ1) is 1.73. The van der Waals surface area contributed by atoms with E-state index in [0.29, 0.717) is 0 Å². The monoisotopic (exact) mass is 139 g/mol. The predicted octanol–water partition coefficient (Wildman–Crippen LogP) is -6.65. The maximum Gasteiger partial charge on any atom is 1.00 e. The Morgan fingerprint density at radius 2 is 1.67 bits per heavy atom. The molecular formula is HFKO3S-. The van der Waals surface area contributed by atoms with Crippen molar-refractivity contribution in [3.8, 4) is 0 Å². The molecule has 0 aliphatic carbocycles. The molecule has 0 aromatic heterocycles. The van der Waals surface area contributed by atoms with Gasteiger partial charge in [-0.2, -0.15) is 0 Å². The van der Waals surface area contributed by atoms with Gasteiger partial charge < -0.3 is 13.8 Å². The summed E-state index contributed by atoms with van der Waals surface area (Å²) in [7, 11) is 0. The topological polar surface area (TPSA) is 60.4 Å². The molecule has 0 saturated carbocycles. The standard InChI is InChI=1S/FH.K.H2O3S/c;;1-4(2)3/h1H;;(H2,1,2,3)/q;+1;/p-2. The molecule has 0 rings (SSSR count). The fraction of sp³-hybridized carbons (Fsp3) is 0. The van der Waals surface area contributed by atoms with Gasteiger partial charge in [-0.15, -0.1) is 0 Å². The quantitative estimate of drug-likeness (QED) is 0.268. The van der Waals surface area contributed by atoms with Crippen LogP contribution in [0.3, 0.4) is 0 Å². The third-order valence-electron chi connectivity index (χ3n) is 0. The van der Waals surface area contributed by atoms with Crippen molar-refractivity contribution in [2.75, 3.05) is 0 Å². The van der Waals surface area contributed by atoms with Crippen molar-refractivity contribution in [1.82, 2.24) is 0 Å². The smallest absolute Gasteiger partial charge is 1.00 e. The molecule has 0 aliphatic heterocycles. The number of hydrogen-bond acceptors (Lipinski definition) is 2. The Bertz CT molecular complexity index is 33.8. The third-order valence-corrected chi connectivity index (χ3v) is 0. The molecule has 0 spiro atoms. The van der Waals surface area contributed by atoms with Gasteiger partial charge >= 0.3 is 51.4 Å². The molecular weight excluding hydrogens is 138 g/mol. The molecule has 0 aliphatic rings. The van der Waals surface area contributed by atoms with Crippen LogP contribution in [0.25, 0.3) is 0 Å². The van der Waals surface area contributed by atoms with Crippen molar-refractivity contribution in [2.24, 2.45) is 0 Å². The Morgan fingerprint density at radius 3 is 1.67 bits per heavy atom. The van der Waals surface area contributed by atoms with E-state index in [1.807, 2.05) is 0 Å². The third kappa shape index (κ3) is 45.2. The summed E-state index contributed by atoms with van der Waals surface area (Å²) in [5.74, 6) is 0. The molecule has 1 unspecified atom stereocenters. The summed E-state index contributed by atoms with van der Waals surface area (Å²) in [5, 5.41) is 0. The fourth-order valence-corrected chi connectivity index (χ4v) is 0. The number of hydrogen-bond donors (Lipinski definition) is 1. The van der Waals surface area contributed by atoms with Crippen LogP contribution in [-0.4, -0.2) is 13.3 Å². The van der Waals surface area contributed by atoms with E-state index in [9.17, 15) is 0 Å². The van der Waals surface area contributed by atoms with Gasteiger partial charge in [-0.05, 0) is 0 Å². The Balaban J connectivity index is -0.0000000450. The molecule has 34 valence electrons. The Hall–Kier alpha value is 1.64. The summed E-state index contributed by atoms with van der Waals surface area (Å²) in [6.07, 6.45) is 0. The van der Waals surface area contributed by atoms with Gasteiger partial charge in [0.1, 0.15) is 0 Å². The molecule has 6 heteroatoms. The summed E-state index contributed by atoms with van der Waals surface area (Å²) in [6, 6.07) is 0. The molecule has 0 bridgehead atoms. The van der Waals surface area contributed by atoms with Crippen LogP contribution in [-0.2, 0) is 11.4 Å². The summed E-state index contributed by atoms with van der Waals surface area (Å²) >= 11 is -2.86. The Labute approximate surface area is 79.4 Å². The van der Waals surface area contributed by atoms with Crippen LogP contribution in [0.4, 0.5) is 0 Å². The van der Waals surface area contributed by atoms with E-state index in [2.05, 4.69) is 0 Å². The molecule has 1 N–H and O–H groups in total. The zero-order chi connectivity index (χ0) is 3.58. The second kappa shape index (κ2) is 9.81. The first-order valence-electron chi connectivity index (χ1n) is 0.516. The van der Waals surface area contributed by atoms with Gasteiger partial charge in [0.05, 0.1) is 11.4 Å². The van der Waals surface area contributed by atoms with Crippen molar-refractivity contribution in [3.05, 3.63) is 0 Å². The average molecular weight is 139 g/mol. The predicted molar refractivity (Wildman–Crippen MR) is 11.5 cm³/mol. The van der Waals surface area contributed by atoms with E-state index in [1.165, 1.54) is 0 Å². The van der Waals surface area contributed by atoms with Gasteiger partial charge in [0.15, 0.2) is 0 Å². The molecule has 3 nitrogen and oxygen atoms in total. The first kappa shape index (κ1) is 15.6. The van der Waals surface area contributed by atoms with Crippen molar-refractivity contribution in [1.29, 1.82) is 0 Å². The van der Waals surface area contributed by atoms with E-state index in [-0.39, 0.29) is 56.1 Å². The Kier molecular flexibility index (Phi) is 25.6. The molecule has 0 amide bonds. The normalized spacial score (nSPS) is 10.3.